The maximum atomic E-state index is 13.5. The fourth-order valence-electron chi connectivity index (χ4n) is 3.24. The summed E-state index contributed by atoms with van der Waals surface area (Å²) in [4.78, 5) is 27.7. The number of carbonyl (C=O) groups excluding carboxylic acids is 2. The average Bonchev–Trinajstić information content (AvgIpc) is 2.80. The molecule has 0 aromatic heterocycles. The third-order valence-corrected chi connectivity index (χ3v) is 7.00. The Morgan fingerprint density at radius 2 is 1.79 bits per heavy atom. The number of amides is 2. The predicted octanol–water partition coefficient (Wildman–Crippen LogP) is 3.45. The lowest BCUT2D eigenvalue weighted by Gasteiger charge is -2.32. The van der Waals surface area contributed by atoms with Crippen molar-refractivity contribution in [1.29, 1.82) is 0 Å². The highest BCUT2D eigenvalue weighted by molar-refractivity contribution is 7.92. The van der Waals surface area contributed by atoms with Gasteiger partial charge in [-0.1, -0.05) is 42.8 Å². The molecule has 0 unspecified atom stereocenters. The van der Waals surface area contributed by atoms with Crippen LogP contribution in [0.5, 0.6) is 5.75 Å². The summed E-state index contributed by atoms with van der Waals surface area (Å²) in [6.07, 6.45) is 1.76. The van der Waals surface area contributed by atoms with Gasteiger partial charge < -0.3 is 15.0 Å². The number of methoxy groups -OCH3 is 1. The third-order valence-electron chi connectivity index (χ3n) is 5.49. The summed E-state index contributed by atoms with van der Waals surface area (Å²) in [6, 6.07) is 12.5. The fourth-order valence-corrected chi connectivity index (χ4v) is 4.27. The normalized spacial score (nSPS) is 13.0. The summed E-state index contributed by atoms with van der Waals surface area (Å²) < 4.78 is 31.4. The molecular formula is C24H32ClN3O5S. The van der Waals surface area contributed by atoms with Crippen LogP contribution in [-0.4, -0.2) is 57.1 Å². The molecule has 0 heterocycles. The Kier molecular flexibility index (Phi) is 9.76. The molecule has 8 nitrogen and oxygen atoms in total. The fraction of sp³-hybridized carbons (Fsp3) is 0.417. The van der Waals surface area contributed by atoms with Crippen LogP contribution >= 0.6 is 11.6 Å². The molecule has 0 aliphatic heterocycles. The monoisotopic (exact) mass is 509 g/mol. The summed E-state index contributed by atoms with van der Waals surface area (Å²) in [6.45, 7) is 4.99. The lowest BCUT2D eigenvalue weighted by molar-refractivity contribution is -0.139. The van der Waals surface area contributed by atoms with Crippen molar-refractivity contribution < 1.29 is 22.7 Å². The van der Waals surface area contributed by atoms with Crippen molar-refractivity contribution in [3.8, 4) is 5.75 Å². The van der Waals surface area contributed by atoms with Gasteiger partial charge >= 0.3 is 0 Å². The molecule has 2 aromatic rings. The van der Waals surface area contributed by atoms with Crippen molar-refractivity contribution in [3.63, 3.8) is 0 Å². The number of nitrogens with one attached hydrogen (secondary N) is 1. The van der Waals surface area contributed by atoms with Crippen LogP contribution in [0.4, 0.5) is 5.69 Å². The molecule has 2 aromatic carbocycles. The van der Waals surface area contributed by atoms with E-state index < -0.39 is 28.5 Å². The Hall–Kier alpha value is -2.78. The molecule has 2 amide bonds. The van der Waals surface area contributed by atoms with Gasteiger partial charge in [0, 0.05) is 23.7 Å². The van der Waals surface area contributed by atoms with E-state index in [0.29, 0.717) is 16.3 Å². The summed E-state index contributed by atoms with van der Waals surface area (Å²) in [7, 11) is -2.35. The first kappa shape index (κ1) is 27.5. The molecular weight excluding hydrogens is 478 g/mol. The van der Waals surface area contributed by atoms with Crippen molar-refractivity contribution in [1.82, 2.24) is 10.2 Å². The number of carbonyl (C=O) groups is 2. The van der Waals surface area contributed by atoms with E-state index in [1.165, 1.54) is 18.1 Å². The molecule has 0 spiro atoms. The first-order valence-corrected chi connectivity index (χ1v) is 13.2. The number of nitrogens with zero attached hydrogens (tertiary/aromatic N) is 2. The number of hydrogen-bond donors (Lipinski definition) is 1. The van der Waals surface area contributed by atoms with Crippen LogP contribution in [0.25, 0.3) is 0 Å². The number of ether oxygens (including phenoxy) is 1. The van der Waals surface area contributed by atoms with Crippen LogP contribution in [0.15, 0.2) is 48.5 Å². The van der Waals surface area contributed by atoms with E-state index in [9.17, 15) is 18.0 Å². The molecule has 2 atom stereocenters. The average molecular weight is 510 g/mol. The van der Waals surface area contributed by atoms with Crippen molar-refractivity contribution in [3.05, 3.63) is 59.1 Å². The third kappa shape index (κ3) is 7.36. The standard InChI is InChI=1S/C24H32ClN3O5S/c1-6-17(2)26-24(30)18(3)27(15-19-10-7-8-13-22(19)25)23(29)16-28(34(5,31)32)20-11-9-12-21(14-20)33-4/h7-14,17-18H,6,15-16H2,1-5H3,(H,26,30)/t17-,18+/m1/s1. The zero-order valence-corrected chi connectivity index (χ0v) is 21.7. The number of anilines is 1. The summed E-state index contributed by atoms with van der Waals surface area (Å²) in [5, 5.41) is 3.33. The molecule has 0 saturated heterocycles. The Morgan fingerprint density at radius 3 is 2.38 bits per heavy atom. The zero-order chi connectivity index (χ0) is 25.5. The van der Waals surface area contributed by atoms with Gasteiger partial charge in [0.25, 0.3) is 0 Å². The highest BCUT2D eigenvalue weighted by Crippen LogP contribution is 2.24. The zero-order valence-electron chi connectivity index (χ0n) is 20.1. The van der Waals surface area contributed by atoms with Crippen molar-refractivity contribution in [2.75, 3.05) is 24.2 Å². The van der Waals surface area contributed by atoms with E-state index in [2.05, 4.69) is 5.32 Å². The number of halogens is 1. The van der Waals surface area contributed by atoms with Crippen molar-refractivity contribution in [2.24, 2.45) is 0 Å². The first-order valence-electron chi connectivity index (χ1n) is 10.9. The van der Waals surface area contributed by atoms with E-state index in [0.717, 1.165) is 17.0 Å². The van der Waals surface area contributed by atoms with Gasteiger partial charge in [0.15, 0.2) is 0 Å². The molecule has 0 aliphatic carbocycles. The second kappa shape index (κ2) is 12.1. The number of benzene rings is 2. The highest BCUT2D eigenvalue weighted by atomic mass is 35.5. The van der Waals surface area contributed by atoms with Crippen molar-refractivity contribution in [2.45, 2.75) is 45.8 Å². The van der Waals surface area contributed by atoms with Gasteiger partial charge in [0.1, 0.15) is 18.3 Å². The van der Waals surface area contributed by atoms with E-state index in [1.54, 1.807) is 49.4 Å². The van der Waals surface area contributed by atoms with Gasteiger partial charge in [-0.15, -0.1) is 0 Å². The molecule has 1 N–H and O–H groups in total. The smallest absolute Gasteiger partial charge is 0.244 e. The van der Waals surface area contributed by atoms with E-state index in [-0.39, 0.29) is 24.2 Å². The summed E-state index contributed by atoms with van der Waals surface area (Å²) in [5.41, 5.74) is 0.928. The topological polar surface area (TPSA) is 96.0 Å². The van der Waals surface area contributed by atoms with Gasteiger partial charge in [-0.05, 0) is 44.0 Å². The molecule has 2 rings (SSSR count). The maximum Gasteiger partial charge on any atom is 0.244 e. The first-order chi connectivity index (χ1) is 16.0. The molecule has 0 radical (unpaired) electrons. The van der Waals surface area contributed by atoms with Gasteiger partial charge in [0.2, 0.25) is 21.8 Å². The Labute approximate surface area is 206 Å². The van der Waals surface area contributed by atoms with Crippen LogP contribution in [0, 0.1) is 0 Å². The van der Waals surface area contributed by atoms with Crippen LogP contribution < -0.4 is 14.4 Å². The van der Waals surface area contributed by atoms with Crippen molar-refractivity contribution >= 4 is 39.1 Å². The van der Waals surface area contributed by atoms with E-state index in [1.807, 2.05) is 13.8 Å². The van der Waals surface area contributed by atoms with Gasteiger partial charge in [-0.25, -0.2) is 8.42 Å². The van der Waals surface area contributed by atoms with Crippen LogP contribution in [0.2, 0.25) is 5.02 Å². The molecule has 10 heteroatoms. The number of hydrogen-bond acceptors (Lipinski definition) is 5. The Balaban J connectivity index is 2.41. The minimum atomic E-state index is -3.82. The Bertz CT molecular complexity index is 1110. The highest BCUT2D eigenvalue weighted by Gasteiger charge is 2.30. The second-order valence-corrected chi connectivity index (χ2v) is 10.4. The minimum Gasteiger partial charge on any atom is -0.497 e. The molecule has 0 fully saturated rings. The quantitative estimate of drug-likeness (QED) is 0.500. The minimum absolute atomic E-state index is 0.0450. The second-order valence-electron chi connectivity index (χ2n) is 8.08. The largest absolute Gasteiger partial charge is 0.497 e. The van der Waals surface area contributed by atoms with Crippen LogP contribution in [0.3, 0.4) is 0 Å². The lowest BCUT2D eigenvalue weighted by atomic mass is 10.1. The molecule has 186 valence electrons. The van der Waals surface area contributed by atoms with Gasteiger partial charge in [-0.2, -0.15) is 0 Å². The van der Waals surface area contributed by atoms with Gasteiger partial charge in [0.05, 0.1) is 19.1 Å². The molecule has 0 bridgehead atoms. The summed E-state index contributed by atoms with van der Waals surface area (Å²) in [5.74, 6) is -0.421. The maximum absolute atomic E-state index is 13.5. The van der Waals surface area contributed by atoms with E-state index in [4.69, 9.17) is 16.3 Å². The molecule has 0 aliphatic rings. The SMILES string of the molecule is CC[C@@H](C)NC(=O)[C@H](C)N(Cc1ccccc1Cl)C(=O)CN(c1cccc(OC)c1)S(C)(=O)=O. The number of rotatable bonds is 11. The van der Waals surface area contributed by atoms with Gasteiger partial charge in [-0.3, -0.25) is 13.9 Å². The molecule has 0 saturated carbocycles. The van der Waals surface area contributed by atoms with Crippen LogP contribution in [-0.2, 0) is 26.2 Å². The number of sulfonamides is 1. The molecule has 34 heavy (non-hydrogen) atoms. The Morgan fingerprint density at radius 1 is 1.12 bits per heavy atom. The summed E-state index contributed by atoms with van der Waals surface area (Å²) >= 11 is 6.31. The predicted molar refractivity (Wildman–Crippen MR) is 135 cm³/mol. The van der Waals surface area contributed by atoms with E-state index >= 15 is 0 Å². The lowest BCUT2D eigenvalue weighted by Crippen LogP contribution is -2.52. The van der Waals surface area contributed by atoms with Crippen LogP contribution in [0.1, 0.15) is 32.8 Å².